The van der Waals surface area contributed by atoms with Crippen LogP contribution in [0.15, 0.2) is 60.9 Å². The lowest BCUT2D eigenvalue weighted by molar-refractivity contribution is -0.122. The van der Waals surface area contributed by atoms with E-state index in [1.165, 1.54) is 4.88 Å². The largest absolute Gasteiger partial charge is 0.300 e. The fraction of sp³-hybridized carbons (Fsp3) is 0.300. The molecule has 196 valence electrons. The van der Waals surface area contributed by atoms with Gasteiger partial charge in [-0.1, -0.05) is 24.3 Å². The molecule has 6 rings (SSSR count). The van der Waals surface area contributed by atoms with Crippen molar-refractivity contribution in [1.82, 2.24) is 19.7 Å². The first kappa shape index (κ1) is 25.2. The molecule has 8 nitrogen and oxygen atoms in total. The van der Waals surface area contributed by atoms with Crippen LogP contribution in [-0.2, 0) is 24.2 Å². The van der Waals surface area contributed by atoms with Crippen LogP contribution < -0.4 is 5.32 Å². The van der Waals surface area contributed by atoms with E-state index in [1.807, 2.05) is 47.3 Å². The van der Waals surface area contributed by atoms with Gasteiger partial charge in [0.25, 0.3) is 5.91 Å². The molecule has 2 aromatic heterocycles. The quantitative estimate of drug-likeness (QED) is 0.383. The molecule has 39 heavy (non-hydrogen) atoms. The van der Waals surface area contributed by atoms with E-state index < -0.39 is 0 Å². The van der Waals surface area contributed by atoms with Gasteiger partial charge in [0.05, 0.1) is 30.1 Å². The van der Waals surface area contributed by atoms with Gasteiger partial charge in [0.15, 0.2) is 5.13 Å². The summed E-state index contributed by atoms with van der Waals surface area (Å²) in [6, 6.07) is 17.6. The second kappa shape index (κ2) is 10.9. The highest BCUT2D eigenvalue weighted by Crippen LogP contribution is 2.32. The van der Waals surface area contributed by atoms with Gasteiger partial charge in [-0.15, -0.1) is 11.3 Å². The Hall–Kier alpha value is -4.13. The van der Waals surface area contributed by atoms with E-state index in [0.717, 1.165) is 54.7 Å². The first-order chi connectivity index (χ1) is 19.0. The number of nitrogens with one attached hydrogen (secondary N) is 1. The summed E-state index contributed by atoms with van der Waals surface area (Å²) in [5.74, 6) is 0.194. The topological polar surface area (TPSA) is 104 Å². The third-order valence-corrected chi connectivity index (χ3v) is 8.56. The summed E-state index contributed by atoms with van der Waals surface area (Å²) in [6.45, 7) is 2.24. The van der Waals surface area contributed by atoms with Crippen LogP contribution in [0.4, 0.5) is 5.13 Å². The van der Waals surface area contributed by atoms with Gasteiger partial charge in [-0.2, -0.15) is 10.4 Å². The summed E-state index contributed by atoms with van der Waals surface area (Å²) in [7, 11) is 0. The molecule has 2 aliphatic rings. The summed E-state index contributed by atoms with van der Waals surface area (Å²) in [4.78, 5) is 33.1. The molecular weight excluding hydrogens is 508 g/mol. The summed E-state index contributed by atoms with van der Waals surface area (Å²) < 4.78 is 1.84. The van der Waals surface area contributed by atoms with Gasteiger partial charge in [0, 0.05) is 54.2 Å². The van der Waals surface area contributed by atoms with Gasteiger partial charge < -0.3 is 0 Å². The molecule has 3 heterocycles. The predicted octanol–water partition coefficient (Wildman–Crippen LogP) is 4.70. The highest BCUT2D eigenvalue weighted by atomic mass is 32.1. The predicted molar refractivity (Wildman–Crippen MR) is 150 cm³/mol. The third-order valence-electron chi connectivity index (χ3n) is 7.52. The van der Waals surface area contributed by atoms with E-state index in [4.69, 9.17) is 10.2 Å². The number of nitriles is 1. The van der Waals surface area contributed by atoms with E-state index in [-0.39, 0.29) is 5.91 Å². The Balaban J connectivity index is 1.09. The zero-order valence-corrected chi connectivity index (χ0v) is 22.3. The minimum Gasteiger partial charge on any atom is -0.300 e. The summed E-state index contributed by atoms with van der Waals surface area (Å²) >= 11 is 1.57. The summed E-state index contributed by atoms with van der Waals surface area (Å²) in [5, 5.41) is 17.1. The number of aromatic nitrogens is 3. The first-order valence-corrected chi connectivity index (χ1v) is 14.0. The van der Waals surface area contributed by atoms with E-state index in [9.17, 15) is 9.59 Å². The second-order valence-electron chi connectivity index (χ2n) is 10.1. The molecule has 2 aromatic carbocycles. The van der Waals surface area contributed by atoms with Crippen LogP contribution in [0.2, 0.25) is 0 Å². The zero-order chi connectivity index (χ0) is 26.8. The number of hydrogen-bond donors (Lipinski definition) is 1. The van der Waals surface area contributed by atoms with Crippen LogP contribution in [0, 0.1) is 11.3 Å². The number of Topliss-reactive ketones (excluding diaryl/α,β-unsaturated/α-hetero) is 1. The van der Waals surface area contributed by atoms with Crippen molar-refractivity contribution in [3.63, 3.8) is 0 Å². The molecular formula is C30H28N6O2S. The van der Waals surface area contributed by atoms with Crippen molar-refractivity contribution in [1.29, 1.82) is 5.26 Å². The molecule has 1 aliphatic heterocycles. The van der Waals surface area contributed by atoms with Crippen LogP contribution in [0.5, 0.6) is 0 Å². The minimum atomic E-state index is -0.173. The number of rotatable bonds is 6. The van der Waals surface area contributed by atoms with Crippen LogP contribution in [0.1, 0.15) is 51.3 Å². The molecule has 1 amide bonds. The molecule has 0 unspecified atom stereocenters. The summed E-state index contributed by atoms with van der Waals surface area (Å²) in [6.07, 6.45) is 7.96. The number of piperidine rings is 1. The Morgan fingerprint density at radius 3 is 2.72 bits per heavy atom. The smallest absolute Gasteiger partial charge is 0.257 e. The molecule has 0 bridgehead atoms. The Kier molecular flexibility index (Phi) is 7.05. The van der Waals surface area contributed by atoms with Gasteiger partial charge in [-0.3, -0.25) is 24.5 Å². The number of carbonyl (C=O) groups excluding carboxylic acids is 2. The first-order valence-electron chi connectivity index (χ1n) is 13.2. The van der Waals surface area contributed by atoms with Crippen molar-refractivity contribution in [2.75, 3.05) is 18.4 Å². The Bertz CT molecular complexity index is 1550. The van der Waals surface area contributed by atoms with Crippen LogP contribution >= 0.6 is 11.3 Å². The maximum Gasteiger partial charge on any atom is 0.257 e. The number of carbonyl (C=O) groups is 2. The maximum absolute atomic E-state index is 13.1. The van der Waals surface area contributed by atoms with Gasteiger partial charge in [0.1, 0.15) is 5.78 Å². The molecule has 1 atom stereocenters. The lowest BCUT2D eigenvalue weighted by atomic mass is 9.94. The number of benzene rings is 2. The number of nitrogens with zero attached hydrogens (tertiary/aromatic N) is 5. The highest BCUT2D eigenvalue weighted by Gasteiger charge is 2.29. The van der Waals surface area contributed by atoms with E-state index in [2.05, 4.69) is 21.4 Å². The Morgan fingerprint density at radius 2 is 1.92 bits per heavy atom. The van der Waals surface area contributed by atoms with Gasteiger partial charge in [0.2, 0.25) is 0 Å². The number of hydrogen-bond acceptors (Lipinski definition) is 7. The lowest BCUT2D eigenvalue weighted by Gasteiger charge is -2.35. The van der Waals surface area contributed by atoms with Crippen molar-refractivity contribution in [3.05, 3.63) is 88.2 Å². The summed E-state index contributed by atoms with van der Waals surface area (Å²) in [5.41, 5.74) is 5.23. The zero-order valence-electron chi connectivity index (χ0n) is 21.5. The van der Waals surface area contributed by atoms with Crippen molar-refractivity contribution >= 4 is 28.2 Å². The van der Waals surface area contributed by atoms with E-state index in [0.29, 0.717) is 47.5 Å². The molecule has 0 radical (unpaired) electrons. The normalized spacial score (nSPS) is 17.4. The minimum absolute atomic E-state index is 0.173. The number of aryl methyl sites for hydroxylation is 1. The average molecular weight is 537 g/mol. The van der Waals surface area contributed by atoms with E-state index in [1.54, 1.807) is 29.7 Å². The number of ketones is 1. The number of fused-ring (bicyclic) bond motifs is 1. The number of amides is 1. The number of anilines is 1. The van der Waals surface area contributed by atoms with Crippen molar-refractivity contribution < 1.29 is 9.59 Å². The molecule has 0 spiro atoms. The lowest BCUT2D eigenvalue weighted by Crippen LogP contribution is -2.44. The van der Waals surface area contributed by atoms with Gasteiger partial charge >= 0.3 is 0 Å². The molecule has 1 fully saturated rings. The molecule has 0 saturated carbocycles. The number of thiazole rings is 1. The second-order valence-corrected chi connectivity index (χ2v) is 11.2. The van der Waals surface area contributed by atoms with Crippen LogP contribution in [0.25, 0.3) is 11.1 Å². The third kappa shape index (κ3) is 5.67. The van der Waals surface area contributed by atoms with Gasteiger partial charge in [-0.25, -0.2) is 4.98 Å². The maximum atomic E-state index is 13.1. The van der Waals surface area contributed by atoms with Crippen molar-refractivity contribution in [2.24, 2.45) is 0 Å². The fourth-order valence-electron chi connectivity index (χ4n) is 5.36. The van der Waals surface area contributed by atoms with Crippen molar-refractivity contribution in [2.45, 2.75) is 44.7 Å². The Morgan fingerprint density at radius 1 is 1.10 bits per heavy atom. The Labute approximate surface area is 230 Å². The average Bonchev–Trinajstić information content (AvgIpc) is 3.60. The van der Waals surface area contributed by atoms with Crippen LogP contribution in [-0.4, -0.2) is 50.5 Å². The fourth-order valence-corrected chi connectivity index (χ4v) is 6.44. The highest BCUT2D eigenvalue weighted by molar-refractivity contribution is 7.15. The van der Waals surface area contributed by atoms with E-state index >= 15 is 0 Å². The van der Waals surface area contributed by atoms with Crippen molar-refractivity contribution in [3.8, 4) is 17.2 Å². The molecule has 1 aliphatic carbocycles. The van der Waals surface area contributed by atoms with Crippen LogP contribution in [0.3, 0.4) is 0 Å². The molecule has 4 aromatic rings. The van der Waals surface area contributed by atoms with Gasteiger partial charge in [-0.05, 0) is 54.7 Å². The molecule has 1 saturated heterocycles. The monoisotopic (exact) mass is 536 g/mol. The molecule has 1 N–H and O–H groups in total. The standard InChI is InChI=1S/C30H28N6O2S/c31-16-20-4-6-22(7-5-20)24-17-32-36(19-24)18-21-2-1-3-23(14-21)29(38)34-30-33-27-9-8-25(15-28(27)39-30)35-12-10-26(37)11-13-35/h1-7,14,17,19,25H,8-13,15,18H2,(H,33,34,38)/t25-/m0/s1. The number of likely N-dealkylation sites (tertiary alicyclic amines) is 1. The SMILES string of the molecule is N#Cc1ccc(-c2cnn(Cc3cccc(C(=O)Nc4nc5c(s4)C[C@@H](N4CCC(=O)CC4)CC5)c3)c2)cc1. The molecule has 9 heteroatoms.